The zero-order chi connectivity index (χ0) is 21.4. The number of ether oxygens (including phenoxy) is 3. The van der Waals surface area contributed by atoms with Gasteiger partial charge in [-0.25, -0.2) is 0 Å². The molecule has 0 spiro atoms. The molecule has 0 aliphatic rings. The van der Waals surface area contributed by atoms with Crippen molar-refractivity contribution in [1.29, 1.82) is 0 Å². The molecule has 0 saturated heterocycles. The van der Waals surface area contributed by atoms with Gasteiger partial charge in [0.25, 0.3) is 0 Å². The molecule has 0 aliphatic carbocycles. The first-order valence-electron chi connectivity index (χ1n) is 9.20. The van der Waals surface area contributed by atoms with Gasteiger partial charge in [-0.3, -0.25) is 4.79 Å². The molecule has 0 saturated carbocycles. The molecule has 0 fully saturated rings. The van der Waals surface area contributed by atoms with Gasteiger partial charge in [-0.2, -0.15) is 0 Å². The number of aromatic nitrogens is 1. The summed E-state index contributed by atoms with van der Waals surface area (Å²) >= 11 is 6.25. The average Bonchev–Trinajstić information content (AvgIpc) is 2.76. The van der Waals surface area contributed by atoms with Crippen LogP contribution in [0.15, 0.2) is 53.3 Å². The Labute approximate surface area is 177 Å². The fourth-order valence-electron chi connectivity index (χ4n) is 3.65. The fourth-order valence-corrected chi connectivity index (χ4v) is 3.81. The van der Waals surface area contributed by atoms with Gasteiger partial charge in [0.05, 0.1) is 32.4 Å². The third kappa shape index (κ3) is 3.29. The van der Waals surface area contributed by atoms with Crippen molar-refractivity contribution < 1.29 is 19.3 Å². The van der Waals surface area contributed by atoms with Crippen molar-refractivity contribution in [1.82, 2.24) is 4.57 Å². The van der Waals surface area contributed by atoms with Gasteiger partial charge in [0, 0.05) is 22.3 Å². The predicted molar refractivity (Wildman–Crippen MR) is 118 cm³/mol. The molecule has 0 aliphatic heterocycles. The van der Waals surface area contributed by atoms with Gasteiger partial charge in [0.15, 0.2) is 16.9 Å². The fraction of sp³-hybridized carbons (Fsp3) is 0.174. The number of nitrogens with zero attached hydrogens (tertiary/aromatic N) is 1. The van der Waals surface area contributed by atoms with Crippen molar-refractivity contribution >= 4 is 33.4 Å². The Morgan fingerprint density at radius 2 is 1.57 bits per heavy atom. The van der Waals surface area contributed by atoms with Gasteiger partial charge in [-0.15, -0.1) is 0 Å². The summed E-state index contributed by atoms with van der Waals surface area (Å²) in [6, 6.07) is 14.1. The summed E-state index contributed by atoms with van der Waals surface area (Å²) in [5.41, 5.74) is 2.17. The maximum atomic E-state index is 13.1. The van der Waals surface area contributed by atoms with E-state index in [9.17, 15) is 9.90 Å². The van der Waals surface area contributed by atoms with Crippen LogP contribution < -0.4 is 19.6 Å². The van der Waals surface area contributed by atoms with Gasteiger partial charge < -0.3 is 23.9 Å². The van der Waals surface area contributed by atoms with Crippen molar-refractivity contribution in [2.45, 2.75) is 6.54 Å². The number of halogens is 1. The third-order valence-corrected chi connectivity index (χ3v) is 5.35. The lowest BCUT2D eigenvalue weighted by atomic mass is 10.1. The summed E-state index contributed by atoms with van der Waals surface area (Å²) in [7, 11) is 4.53. The first-order valence-corrected chi connectivity index (χ1v) is 9.58. The van der Waals surface area contributed by atoms with Crippen LogP contribution in [0.4, 0.5) is 0 Å². The molecule has 0 unspecified atom stereocenters. The van der Waals surface area contributed by atoms with Crippen molar-refractivity contribution in [3.8, 4) is 23.0 Å². The van der Waals surface area contributed by atoms with E-state index in [1.807, 2.05) is 16.7 Å². The standard InChI is InChI=1S/C23H20ClNO5/c1-28-15-5-7-18-17(11-15)22(26)16-6-4-14(24)10-19(16)25(18)12-13-8-20(29-2)23(27)21(9-13)30-3/h4-11,27H,12H2,1-3H3. The Hall–Kier alpha value is -3.38. The van der Waals surface area contributed by atoms with Crippen LogP contribution in [-0.4, -0.2) is 31.0 Å². The minimum absolute atomic E-state index is 0.0637. The molecule has 1 heterocycles. The Kier molecular flexibility index (Phi) is 5.18. The molecule has 1 N–H and O–H groups in total. The van der Waals surface area contributed by atoms with E-state index in [1.165, 1.54) is 14.2 Å². The maximum Gasteiger partial charge on any atom is 0.200 e. The number of pyridine rings is 1. The number of benzene rings is 3. The molecular formula is C23H20ClNO5. The molecule has 7 heteroatoms. The molecular weight excluding hydrogens is 406 g/mol. The first-order chi connectivity index (χ1) is 14.5. The number of methoxy groups -OCH3 is 3. The van der Waals surface area contributed by atoms with Crippen molar-refractivity contribution in [3.63, 3.8) is 0 Å². The van der Waals surface area contributed by atoms with Crippen LogP contribution in [0.5, 0.6) is 23.0 Å². The second-order valence-electron chi connectivity index (χ2n) is 6.81. The smallest absolute Gasteiger partial charge is 0.200 e. The Morgan fingerprint density at radius 3 is 2.20 bits per heavy atom. The molecule has 0 atom stereocenters. The summed E-state index contributed by atoms with van der Waals surface area (Å²) in [6.07, 6.45) is 0. The van der Waals surface area contributed by atoms with E-state index in [0.717, 1.165) is 11.1 Å². The third-order valence-electron chi connectivity index (χ3n) is 5.11. The molecule has 4 aromatic rings. The summed E-state index contributed by atoms with van der Waals surface area (Å²) in [5.74, 6) is 1.15. The molecule has 1 aromatic heterocycles. The van der Waals surface area contributed by atoms with Crippen molar-refractivity contribution in [2.75, 3.05) is 21.3 Å². The number of phenols is 1. The summed E-state index contributed by atoms with van der Waals surface area (Å²) in [4.78, 5) is 13.1. The highest BCUT2D eigenvalue weighted by Crippen LogP contribution is 2.38. The lowest BCUT2D eigenvalue weighted by Crippen LogP contribution is -2.12. The van der Waals surface area contributed by atoms with Crippen LogP contribution in [0.1, 0.15) is 5.56 Å². The van der Waals surface area contributed by atoms with Crippen LogP contribution in [0.3, 0.4) is 0 Å². The van der Waals surface area contributed by atoms with E-state index in [1.54, 1.807) is 43.5 Å². The summed E-state index contributed by atoms with van der Waals surface area (Å²) in [6.45, 7) is 0.396. The minimum atomic E-state index is -0.0901. The highest BCUT2D eigenvalue weighted by Gasteiger charge is 2.16. The van der Waals surface area contributed by atoms with Gasteiger partial charge >= 0.3 is 0 Å². The van der Waals surface area contributed by atoms with E-state index < -0.39 is 0 Å². The van der Waals surface area contributed by atoms with Crippen molar-refractivity contribution in [2.24, 2.45) is 0 Å². The largest absolute Gasteiger partial charge is 0.502 e. The SMILES string of the molecule is COc1ccc2c(c1)c(=O)c1ccc(Cl)cc1n2Cc1cc(OC)c(O)c(OC)c1. The molecule has 0 radical (unpaired) electrons. The second kappa shape index (κ2) is 7.80. The van der Waals surface area contributed by atoms with Crippen LogP contribution in [0.25, 0.3) is 21.8 Å². The van der Waals surface area contributed by atoms with Gasteiger partial charge in [0.2, 0.25) is 5.75 Å². The number of phenolic OH excluding ortho intramolecular Hbond substituents is 1. The monoisotopic (exact) mass is 425 g/mol. The zero-order valence-electron chi connectivity index (χ0n) is 16.7. The lowest BCUT2D eigenvalue weighted by Gasteiger charge is -2.18. The van der Waals surface area contributed by atoms with Crippen LogP contribution in [0.2, 0.25) is 5.02 Å². The number of hydrogen-bond donors (Lipinski definition) is 1. The van der Waals surface area contributed by atoms with Gasteiger partial charge in [0.1, 0.15) is 5.75 Å². The average molecular weight is 426 g/mol. The number of hydrogen-bond acceptors (Lipinski definition) is 5. The van der Waals surface area contributed by atoms with Gasteiger partial charge in [-0.05, 0) is 54.1 Å². The molecule has 6 nitrogen and oxygen atoms in total. The van der Waals surface area contributed by atoms with E-state index in [0.29, 0.717) is 45.1 Å². The van der Waals surface area contributed by atoms with E-state index in [2.05, 4.69) is 0 Å². The van der Waals surface area contributed by atoms with Crippen LogP contribution in [0, 0.1) is 0 Å². The zero-order valence-corrected chi connectivity index (χ0v) is 17.5. The Morgan fingerprint density at radius 1 is 0.867 bits per heavy atom. The van der Waals surface area contributed by atoms with Gasteiger partial charge in [-0.1, -0.05) is 11.6 Å². The normalized spacial score (nSPS) is 11.1. The highest BCUT2D eigenvalue weighted by molar-refractivity contribution is 6.31. The number of rotatable bonds is 5. The summed E-state index contributed by atoms with van der Waals surface area (Å²) < 4.78 is 17.9. The summed E-state index contributed by atoms with van der Waals surface area (Å²) in [5, 5.41) is 11.9. The lowest BCUT2D eigenvalue weighted by molar-refractivity contribution is 0.339. The number of aromatic hydroxyl groups is 1. The Bertz CT molecular complexity index is 1300. The van der Waals surface area contributed by atoms with E-state index in [4.69, 9.17) is 25.8 Å². The molecule has 3 aromatic carbocycles. The Balaban J connectivity index is 2.03. The van der Waals surface area contributed by atoms with E-state index >= 15 is 0 Å². The maximum absolute atomic E-state index is 13.1. The number of fused-ring (bicyclic) bond motifs is 2. The minimum Gasteiger partial charge on any atom is -0.502 e. The molecule has 154 valence electrons. The topological polar surface area (TPSA) is 69.9 Å². The van der Waals surface area contributed by atoms with Crippen LogP contribution in [-0.2, 0) is 6.54 Å². The van der Waals surface area contributed by atoms with Crippen molar-refractivity contribution in [3.05, 3.63) is 69.3 Å². The molecule has 30 heavy (non-hydrogen) atoms. The second-order valence-corrected chi connectivity index (χ2v) is 7.25. The molecule has 0 amide bonds. The van der Waals surface area contributed by atoms with E-state index in [-0.39, 0.29) is 11.2 Å². The highest BCUT2D eigenvalue weighted by atomic mass is 35.5. The first kappa shape index (κ1) is 19.9. The predicted octanol–water partition coefficient (Wildman–Crippen LogP) is 4.59. The molecule has 4 rings (SSSR count). The molecule has 0 bridgehead atoms. The van der Waals surface area contributed by atoms with Crippen LogP contribution >= 0.6 is 11.6 Å². The quantitative estimate of drug-likeness (QED) is 0.474.